The summed E-state index contributed by atoms with van der Waals surface area (Å²) in [7, 11) is 0. The number of hydrogen-bond acceptors (Lipinski definition) is 7. The molecule has 0 spiro atoms. The van der Waals surface area contributed by atoms with Gasteiger partial charge in [-0.3, -0.25) is 4.79 Å². The number of hydrogen-bond donors (Lipinski definition) is 4. The molecule has 0 saturated carbocycles. The van der Waals surface area contributed by atoms with Gasteiger partial charge >= 0.3 is 6.09 Å². The maximum Gasteiger partial charge on any atom is 0.408 e. The van der Waals surface area contributed by atoms with Crippen molar-refractivity contribution in [3.63, 3.8) is 0 Å². The van der Waals surface area contributed by atoms with Gasteiger partial charge in [-0.25, -0.2) is 14.8 Å². The summed E-state index contributed by atoms with van der Waals surface area (Å²) < 4.78 is 5.30. The molecular weight excluding hydrogens is 406 g/mol. The number of H-pyrrole nitrogens is 1. The lowest BCUT2D eigenvalue weighted by molar-refractivity contribution is -0.125. The molecule has 2 aromatic rings. The summed E-state index contributed by atoms with van der Waals surface area (Å²) in [5, 5.41) is 18.6. The smallest absolute Gasteiger partial charge is 0.408 e. The number of imidazole rings is 1. The molecule has 0 aliphatic heterocycles. The fourth-order valence-corrected chi connectivity index (χ4v) is 3.57. The Morgan fingerprint density at radius 1 is 1.30 bits per heavy atom. The van der Waals surface area contributed by atoms with Crippen LogP contribution in [0.4, 0.5) is 4.79 Å². The van der Waals surface area contributed by atoms with Gasteiger partial charge in [-0.1, -0.05) is 13.8 Å². The summed E-state index contributed by atoms with van der Waals surface area (Å²) in [6.45, 7) is 9.27. The molecular formula is C20H31N5O4S. The number of aromatic amines is 1. The van der Waals surface area contributed by atoms with E-state index in [0.29, 0.717) is 17.1 Å². The lowest BCUT2D eigenvalue weighted by Gasteiger charge is -2.28. The van der Waals surface area contributed by atoms with E-state index in [2.05, 4.69) is 25.6 Å². The Morgan fingerprint density at radius 3 is 2.57 bits per heavy atom. The van der Waals surface area contributed by atoms with E-state index in [1.165, 1.54) is 17.7 Å². The molecule has 2 amide bonds. The lowest BCUT2D eigenvalue weighted by atomic mass is 9.98. The molecule has 0 aliphatic rings. The van der Waals surface area contributed by atoms with E-state index in [1.807, 2.05) is 13.8 Å². The highest BCUT2D eigenvalue weighted by atomic mass is 32.1. The zero-order valence-electron chi connectivity index (χ0n) is 18.0. The predicted molar refractivity (Wildman–Crippen MR) is 114 cm³/mol. The molecule has 9 nitrogen and oxygen atoms in total. The normalized spacial score (nSPS) is 14.8. The van der Waals surface area contributed by atoms with E-state index >= 15 is 0 Å². The number of ether oxygens (including phenoxy) is 1. The monoisotopic (exact) mass is 437 g/mol. The van der Waals surface area contributed by atoms with Crippen LogP contribution < -0.4 is 10.6 Å². The van der Waals surface area contributed by atoms with Gasteiger partial charge in [0.25, 0.3) is 0 Å². The highest BCUT2D eigenvalue weighted by Gasteiger charge is 2.30. The Labute approximate surface area is 180 Å². The van der Waals surface area contributed by atoms with Crippen molar-refractivity contribution in [1.29, 1.82) is 0 Å². The van der Waals surface area contributed by atoms with Gasteiger partial charge in [0.2, 0.25) is 5.91 Å². The first-order valence-corrected chi connectivity index (χ1v) is 10.8. The fourth-order valence-electron chi connectivity index (χ4n) is 2.89. The number of rotatable bonds is 9. The molecule has 2 heterocycles. The zero-order valence-corrected chi connectivity index (χ0v) is 18.8. The van der Waals surface area contributed by atoms with Gasteiger partial charge in [0.15, 0.2) is 0 Å². The first kappa shape index (κ1) is 23.8. The SMILES string of the molecule is CC(C)C[C@@H](NC(=O)[C@H](Cc1cnc[nH]1)NC(=O)OC(C)(C)C)[C@H](O)c1nccs1. The van der Waals surface area contributed by atoms with Gasteiger partial charge in [0.05, 0.1) is 12.4 Å². The summed E-state index contributed by atoms with van der Waals surface area (Å²) in [4.78, 5) is 36.4. The molecule has 30 heavy (non-hydrogen) atoms. The number of alkyl carbamates (subject to hydrolysis) is 1. The average Bonchev–Trinajstić information content (AvgIpc) is 3.31. The molecule has 166 valence electrons. The third-order valence-corrected chi connectivity index (χ3v) is 4.97. The summed E-state index contributed by atoms with van der Waals surface area (Å²) in [6, 6.07) is -1.45. The predicted octanol–water partition coefficient (Wildman–Crippen LogP) is 2.57. The second-order valence-electron chi connectivity index (χ2n) is 8.54. The van der Waals surface area contributed by atoms with Crippen molar-refractivity contribution in [2.75, 3.05) is 0 Å². The van der Waals surface area contributed by atoms with Crippen molar-refractivity contribution in [3.8, 4) is 0 Å². The molecule has 0 saturated heterocycles. The highest BCUT2D eigenvalue weighted by molar-refractivity contribution is 7.09. The van der Waals surface area contributed by atoms with Gasteiger partial charge in [0, 0.05) is 29.9 Å². The van der Waals surface area contributed by atoms with Crippen LogP contribution in [-0.4, -0.2) is 49.7 Å². The zero-order chi connectivity index (χ0) is 22.3. The number of aliphatic hydroxyl groups is 1. The van der Waals surface area contributed by atoms with Crippen LogP contribution in [0.3, 0.4) is 0 Å². The number of nitrogens with zero attached hydrogens (tertiary/aromatic N) is 2. The van der Waals surface area contributed by atoms with E-state index in [9.17, 15) is 14.7 Å². The molecule has 2 rings (SSSR count). The van der Waals surface area contributed by atoms with Gasteiger partial charge in [-0.05, 0) is 33.1 Å². The van der Waals surface area contributed by atoms with E-state index < -0.39 is 35.8 Å². The minimum absolute atomic E-state index is 0.201. The topological polar surface area (TPSA) is 129 Å². The summed E-state index contributed by atoms with van der Waals surface area (Å²) in [5.74, 6) is -0.188. The van der Waals surface area contributed by atoms with Crippen LogP contribution in [0.2, 0.25) is 0 Å². The molecule has 4 N–H and O–H groups in total. The number of amides is 2. The third kappa shape index (κ3) is 7.75. The minimum Gasteiger partial charge on any atom is -0.444 e. The average molecular weight is 438 g/mol. The highest BCUT2D eigenvalue weighted by Crippen LogP contribution is 2.23. The maximum absolute atomic E-state index is 13.1. The van der Waals surface area contributed by atoms with Crippen LogP contribution in [0.25, 0.3) is 0 Å². The lowest BCUT2D eigenvalue weighted by Crippen LogP contribution is -2.53. The van der Waals surface area contributed by atoms with Crippen molar-refractivity contribution in [2.24, 2.45) is 5.92 Å². The Balaban J connectivity index is 2.15. The second-order valence-corrected chi connectivity index (χ2v) is 9.47. The van der Waals surface area contributed by atoms with Crippen LogP contribution in [0.1, 0.15) is 57.8 Å². The van der Waals surface area contributed by atoms with Crippen LogP contribution in [0.5, 0.6) is 0 Å². The van der Waals surface area contributed by atoms with E-state index in [4.69, 9.17) is 4.74 Å². The molecule has 0 aromatic carbocycles. The van der Waals surface area contributed by atoms with Crippen LogP contribution in [0.15, 0.2) is 24.1 Å². The largest absolute Gasteiger partial charge is 0.444 e. The quantitative estimate of drug-likeness (QED) is 0.477. The number of carbonyl (C=O) groups is 2. The molecule has 0 unspecified atom stereocenters. The molecule has 2 aromatic heterocycles. The van der Waals surface area contributed by atoms with Crippen LogP contribution >= 0.6 is 11.3 Å². The second kappa shape index (κ2) is 10.5. The van der Waals surface area contributed by atoms with Crippen LogP contribution in [-0.2, 0) is 16.0 Å². The third-order valence-electron chi connectivity index (χ3n) is 4.12. The number of aromatic nitrogens is 3. The van der Waals surface area contributed by atoms with Crippen LogP contribution in [0, 0.1) is 5.92 Å². The molecule has 0 fully saturated rings. The van der Waals surface area contributed by atoms with Gasteiger partial charge < -0.3 is 25.5 Å². The first-order chi connectivity index (χ1) is 14.0. The summed E-state index contributed by atoms with van der Waals surface area (Å²) in [6.07, 6.45) is 3.83. The Morgan fingerprint density at radius 2 is 2.03 bits per heavy atom. The van der Waals surface area contributed by atoms with Crippen molar-refractivity contribution < 1.29 is 19.4 Å². The molecule has 3 atom stereocenters. The first-order valence-electron chi connectivity index (χ1n) is 9.89. The number of carbonyl (C=O) groups excluding carboxylic acids is 2. The standard InChI is InChI=1S/C20H31N5O4S/c1-12(2)8-14(16(26)18-22-6-7-30-18)24-17(27)15(9-13-10-21-11-23-13)25-19(28)29-20(3,4)5/h6-7,10-12,14-16,26H,8-9H2,1-5H3,(H,21,23)(H,24,27)(H,25,28)/t14-,15+,16+/m1/s1. The molecule has 0 aliphatic carbocycles. The van der Waals surface area contributed by atoms with Gasteiger partial charge in [-0.15, -0.1) is 11.3 Å². The van der Waals surface area contributed by atoms with Crippen molar-refractivity contribution in [3.05, 3.63) is 34.8 Å². The van der Waals surface area contributed by atoms with E-state index in [-0.39, 0.29) is 12.3 Å². The van der Waals surface area contributed by atoms with Gasteiger partial charge in [0.1, 0.15) is 22.8 Å². The van der Waals surface area contributed by atoms with Crippen molar-refractivity contribution >= 4 is 23.3 Å². The molecule has 0 bridgehead atoms. The number of aliphatic hydroxyl groups excluding tert-OH is 1. The number of nitrogens with one attached hydrogen (secondary N) is 3. The molecule has 0 radical (unpaired) electrons. The summed E-state index contributed by atoms with van der Waals surface area (Å²) >= 11 is 1.33. The van der Waals surface area contributed by atoms with Crippen molar-refractivity contribution in [2.45, 2.75) is 71.2 Å². The Hall–Kier alpha value is -2.46. The van der Waals surface area contributed by atoms with E-state index in [0.717, 1.165) is 0 Å². The van der Waals surface area contributed by atoms with Gasteiger partial charge in [-0.2, -0.15) is 0 Å². The Kier molecular flexibility index (Phi) is 8.36. The van der Waals surface area contributed by atoms with Crippen molar-refractivity contribution in [1.82, 2.24) is 25.6 Å². The summed E-state index contributed by atoms with van der Waals surface area (Å²) in [5.41, 5.74) is -0.00702. The molecule has 10 heteroatoms. The number of thiazole rings is 1. The van der Waals surface area contributed by atoms with E-state index in [1.54, 1.807) is 38.5 Å². The maximum atomic E-state index is 13.1. The fraction of sp³-hybridized carbons (Fsp3) is 0.600. The minimum atomic E-state index is -0.939. The Bertz CT molecular complexity index is 787.